The van der Waals surface area contributed by atoms with E-state index in [1.54, 1.807) is 0 Å². The van der Waals surface area contributed by atoms with E-state index in [1.165, 1.54) is 0 Å². The highest BCUT2D eigenvalue weighted by molar-refractivity contribution is 5.42. The molecule has 0 N–H and O–H groups in total. The predicted molar refractivity (Wildman–Crippen MR) is 87.4 cm³/mol. The molecule has 0 unspecified atom stereocenters. The Hall–Kier alpha value is -3.18. The molecule has 2 heteroatoms. The maximum atomic E-state index is 5.82. The molecule has 0 aliphatic rings. The van der Waals surface area contributed by atoms with E-state index in [-0.39, 0.29) is 0 Å². The van der Waals surface area contributed by atoms with E-state index in [1.807, 2.05) is 78.9 Å². The highest BCUT2D eigenvalue weighted by Gasteiger charge is 2.02. The minimum absolute atomic E-state index is 0.697. The van der Waals surface area contributed by atoms with Crippen molar-refractivity contribution in [1.29, 1.82) is 0 Å². The van der Waals surface area contributed by atoms with Crippen LogP contribution in [0.2, 0.25) is 0 Å². The van der Waals surface area contributed by atoms with Gasteiger partial charge in [-0.25, -0.2) is 0 Å². The quantitative estimate of drug-likeness (QED) is 0.610. The van der Waals surface area contributed by atoms with E-state index in [9.17, 15) is 0 Å². The zero-order valence-electron chi connectivity index (χ0n) is 11.9. The molecule has 0 aliphatic heterocycles. The average molecular weight is 286 g/mol. The summed E-state index contributed by atoms with van der Waals surface area (Å²) in [6, 6.07) is 24.5. The van der Waals surface area contributed by atoms with Gasteiger partial charge in [-0.2, -0.15) is 0 Å². The van der Waals surface area contributed by atoms with Gasteiger partial charge in [0.1, 0.15) is 23.0 Å². The van der Waals surface area contributed by atoms with E-state index in [0.717, 1.165) is 17.1 Å². The van der Waals surface area contributed by atoms with Gasteiger partial charge in [-0.3, -0.25) is 0 Å². The number of benzene rings is 3. The smallest absolute Gasteiger partial charge is 0.131 e. The molecule has 0 aromatic heterocycles. The standard InChI is InChI=1S/C20H14O2/c1-2-16-8-6-11-18(14-16)22-20-13-7-12-19(15-20)21-17-9-4-3-5-10-17/h1,3-15H. The Bertz CT molecular complexity index is 801. The van der Waals surface area contributed by atoms with Crippen LogP contribution in [0.3, 0.4) is 0 Å². The summed E-state index contributed by atoms with van der Waals surface area (Å²) in [4.78, 5) is 0. The van der Waals surface area contributed by atoms with E-state index in [4.69, 9.17) is 15.9 Å². The van der Waals surface area contributed by atoms with Crippen LogP contribution in [0.15, 0.2) is 78.9 Å². The molecule has 0 fully saturated rings. The van der Waals surface area contributed by atoms with Crippen LogP contribution in [-0.4, -0.2) is 0 Å². The van der Waals surface area contributed by atoms with E-state index in [2.05, 4.69) is 5.92 Å². The molecule has 0 amide bonds. The van der Waals surface area contributed by atoms with Crippen molar-refractivity contribution in [2.75, 3.05) is 0 Å². The van der Waals surface area contributed by atoms with Crippen LogP contribution in [0, 0.1) is 12.3 Å². The van der Waals surface area contributed by atoms with E-state index < -0.39 is 0 Å². The molecule has 3 aromatic carbocycles. The molecule has 0 saturated heterocycles. The van der Waals surface area contributed by atoms with E-state index >= 15 is 0 Å². The molecule has 0 aliphatic carbocycles. The Morgan fingerprint density at radius 1 is 0.591 bits per heavy atom. The van der Waals surface area contributed by atoms with Crippen LogP contribution < -0.4 is 9.47 Å². The van der Waals surface area contributed by atoms with Crippen LogP contribution in [0.4, 0.5) is 0 Å². The molecular weight excluding hydrogens is 272 g/mol. The van der Waals surface area contributed by atoms with Crippen molar-refractivity contribution < 1.29 is 9.47 Å². The third-order valence-corrected chi connectivity index (χ3v) is 3.02. The Morgan fingerprint density at radius 2 is 1.14 bits per heavy atom. The fraction of sp³-hybridized carbons (Fsp3) is 0. The van der Waals surface area contributed by atoms with Gasteiger partial charge in [-0.1, -0.05) is 36.3 Å². The van der Waals surface area contributed by atoms with E-state index in [0.29, 0.717) is 11.5 Å². The predicted octanol–water partition coefficient (Wildman–Crippen LogP) is 5.25. The second kappa shape index (κ2) is 6.51. The van der Waals surface area contributed by atoms with Crippen molar-refractivity contribution in [3.63, 3.8) is 0 Å². The molecule has 0 radical (unpaired) electrons. The molecule has 3 rings (SSSR count). The normalized spacial score (nSPS) is 9.77. The third kappa shape index (κ3) is 3.47. The summed E-state index contributed by atoms with van der Waals surface area (Å²) in [5.41, 5.74) is 0.786. The lowest BCUT2D eigenvalue weighted by Gasteiger charge is -2.09. The Balaban J connectivity index is 1.78. The number of ether oxygens (including phenoxy) is 2. The zero-order chi connectivity index (χ0) is 15.2. The van der Waals surface area contributed by atoms with Gasteiger partial charge in [-0.05, 0) is 42.5 Å². The monoisotopic (exact) mass is 286 g/mol. The van der Waals surface area contributed by atoms with Crippen molar-refractivity contribution in [2.24, 2.45) is 0 Å². The summed E-state index contributed by atoms with van der Waals surface area (Å²) in [5, 5.41) is 0. The van der Waals surface area contributed by atoms with Crippen molar-refractivity contribution in [3.8, 4) is 35.3 Å². The largest absolute Gasteiger partial charge is 0.457 e. The highest BCUT2D eigenvalue weighted by Crippen LogP contribution is 2.28. The van der Waals surface area contributed by atoms with Crippen molar-refractivity contribution in [1.82, 2.24) is 0 Å². The first-order chi connectivity index (χ1) is 10.8. The summed E-state index contributed by atoms with van der Waals surface area (Å²) in [5.74, 6) is 5.50. The van der Waals surface area contributed by atoms with Crippen molar-refractivity contribution >= 4 is 0 Å². The minimum Gasteiger partial charge on any atom is -0.457 e. The van der Waals surface area contributed by atoms with Crippen LogP contribution in [0.1, 0.15) is 5.56 Å². The van der Waals surface area contributed by atoms with Gasteiger partial charge in [0.2, 0.25) is 0 Å². The van der Waals surface area contributed by atoms with Crippen LogP contribution in [0.5, 0.6) is 23.0 Å². The summed E-state index contributed by atoms with van der Waals surface area (Å²) in [6.45, 7) is 0. The maximum Gasteiger partial charge on any atom is 0.131 e. The fourth-order valence-corrected chi connectivity index (χ4v) is 2.01. The molecule has 0 saturated carbocycles. The molecule has 3 aromatic rings. The first kappa shape index (κ1) is 13.8. The van der Waals surface area contributed by atoms with Crippen LogP contribution in [0.25, 0.3) is 0 Å². The van der Waals surface area contributed by atoms with Gasteiger partial charge in [0, 0.05) is 11.6 Å². The zero-order valence-corrected chi connectivity index (χ0v) is 11.9. The van der Waals surface area contributed by atoms with Crippen molar-refractivity contribution in [3.05, 3.63) is 84.4 Å². The van der Waals surface area contributed by atoms with Crippen LogP contribution in [-0.2, 0) is 0 Å². The molecule has 22 heavy (non-hydrogen) atoms. The Kier molecular flexibility index (Phi) is 4.08. The molecule has 0 heterocycles. The molecular formula is C20H14O2. The van der Waals surface area contributed by atoms with Gasteiger partial charge in [0.15, 0.2) is 0 Å². The molecule has 0 atom stereocenters. The Morgan fingerprint density at radius 3 is 1.82 bits per heavy atom. The number of terminal acetylenes is 1. The number of para-hydroxylation sites is 1. The molecule has 0 bridgehead atoms. The molecule has 106 valence electrons. The maximum absolute atomic E-state index is 5.82. The second-order valence-corrected chi connectivity index (χ2v) is 4.66. The Labute approximate surface area is 130 Å². The second-order valence-electron chi connectivity index (χ2n) is 4.66. The number of hydrogen-bond acceptors (Lipinski definition) is 2. The van der Waals surface area contributed by atoms with Crippen LogP contribution >= 0.6 is 0 Å². The molecule has 2 nitrogen and oxygen atoms in total. The summed E-state index contributed by atoms with van der Waals surface area (Å²) < 4.78 is 11.6. The van der Waals surface area contributed by atoms with Gasteiger partial charge in [0.05, 0.1) is 0 Å². The highest BCUT2D eigenvalue weighted by atomic mass is 16.5. The summed E-state index contributed by atoms with van der Waals surface area (Å²) >= 11 is 0. The van der Waals surface area contributed by atoms with Gasteiger partial charge < -0.3 is 9.47 Å². The van der Waals surface area contributed by atoms with Gasteiger partial charge >= 0.3 is 0 Å². The minimum atomic E-state index is 0.697. The van der Waals surface area contributed by atoms with Crippen molar-refractivity contribution in [2.45, 2.75) is 0 Å². The third-order valence-electron chi connectivity index (χ3n) is 3.02. The first-order valence-corrected chi connectivity index (χ1v) is 6.91. The summed E-state index contributed by atoms with van der Waals surface area (Å²) in [6.07, 6.45) is 5.40. The SMILES string of the molecule is C#Cc1cccc(Oc2cccc(Oc3ccccc3)c2)c1. The lowest BCUT2D eigenvalue weighted by atomic mass is 10.2. The summed E-state index contributed by atoms with van der Waals surface area (Å²) in [7, 11) is 0. The topological polar surface area (TPSA) is 18.5 Å². The number of rotatable bonds is 4. The number of hydrogen-bond donors (Lipinski definition) is 0. The lowest BCUT2D eigenvalue weighted by Crippen LogP contribution is -1.87. The fourth-order valence-electron chi connectivity index (χ4n) is 2.01. The van der Waals surface area contributed by atoms with Gasteiger partial charge in [-0.15, -0.1) is 6.42 Å². The first-order valence-electron chi connectivity index (χ1n) is 6.91. The lowest BCUT2D eigenvalue weighted by molar-refractivity contribution is 0.460. The average Bonchev–Trinajstić information content (AvgIpc) is 2.56. The van der Waals surface area contributed by atoms with Gasteiger partial charge in [0.25, 0.3) is 0 Å². The molecule has 0 spiro atoms.